The summed E-state index contributed by atoms with van der Waals surface area (Å²) in [6.07, 6.45) is 3.61. The minimum Gasteiger partial charge on any atom is -0.456 e. The van der Waals surface area contributed by atoms with E-state index in [1.807, 2.05) is 91.1 Å². The number of benzene rings is 7. The Morgan fingerprint density at radius 2 is 0.845 bits per heavy atom. The molecule has 270 valence electrons. The lowest BCUT2D eigenvalue weighted by Gasteiger charge is -2.13. The number of fused-ring (bicyclic) bond motifs is 6. The van der Waals surface area contributed by atoms with E-state index in [-0.39, 0.29) is 0 Å². The Morgan fingerprint density at radius 1 is 0.362 bits per heavy atom. The summed E-state index contributed by atoms with van der Waals surface area (Å²) in [7, 11) is 0. The van der Waals surface area contributed by atoms with E-state index in [0.717, 1.165) is 93.9 Å². The van der Waals surface area contributed by atoms with E-state index in [9.17, 15) is 5.26 Å². The molecule has 7 nitrogen and oxygen atoms in total. The van der Waals surface area contributed by atoms with Crippen LogP contribution in [0.2, 0.25) is 0 Å². The summed E-state index contributed by atoms with van der Waals surface area (Å²) >= 11 is 0. The van der Waals surface area contributed by atoms with E-state index in [1.54, 1.807) is 18.3 Å². The van der Waals surface area contributed by atoms with Gasteiger partial charge < -0.3 is 8.83 Å². The van der Waals surface area contributed by atoms with Gasteiger partial charge in [0.2, 0.25) is 0 Å². The Kier molecular flexibility index (Phi) is 7.73. The van der Waals surface area contributed by atoms with E-state index in [1.165, 1.54) is 0 Å². The van der Waals surface area contributed by atoms with Crippen LogP contribution in [0.4, 0.5) is 0 Å². The predicted molar refractivity (Wildman–Crippen MR) is 230 cm³/mol. The fourth-order valence-corrected chi connectivity index (χ4v) is 7.73. The number of rotatable bonds is 6. The fraction of sp³-hybridized carbons (Fsp3) is 0. The van der Waals surface area contributed by atoms with Crippen molar-refractivity contribution in [2.75, 3.05) is 0 Å². The summed E-state index contributed by atoms with van der Waals surface area (Å²) in [6, 6.07) is 57.1. The molecule has 0 atom stereocenters. The highest BCUT2D eigenvalue weighted by atomic mass is 16.3. The molecule has 0 fully saturated rings. The van der Waals surface area contributed by atoms with Crippen molar-refractivity contribution >= 4 is 43.9 Å². The SMILES string of the molecule is N#Cc1ccc(-c2nc(-c3cccc(-c4cccnc4)c3)nc(-c3cc(-c4ccc5oc6ccccc6c5c4)cc(-c4ccc5oc6ccccc6c5c4)c3)n2)cc1. The normalized spacial score (nSPS) is 11.4. The van der Waals surface area contributed by atoms with Crippen LogP contribution in [-0.4, -0.2) is 19.9 Å². The van der Waals surface area contributed by atoms with E-state index >= 15 is 0 Å². The second kappa shape index (κ2) is 13.5. The molecule has 0 aliphatic carbocycles. The number of para-hydroxylation sites is 2. The van der Waals surface area contributed by atoms with Crippen molar-refractivity contribution in [1.29, 1.82) is 5.26 Å². The third-order valence-corrected chi connectivity index (χ3v) is 10.6. The summed E-state index contributed by atoms with van der Waals surface area (Å²) in [5.41, 5.74) is 12.4. The van der Waals surface area contributed by atoms with Crippen molar-refractivity contribution in [2.24, 2.45) is 0 Å². The average Bonchev–Trinajstić information content (AvgIpc) is 3.87. The molecular formula is C51H29N5O2. The molecule has 0 spiro atoms. The predicted octanol–water partition coefficient (Wildman–Crippen LogP) is 12.9. The lowest BCUT2D eigenvalue weighted by molar-refractivity contribution is 0.668. The number of aromatic nitrogens is 4. The lowest BCUT2D eigenvalue weighted by atomic mass is 9.94. The molecule has 0 aliphatic heterocycles. The van der Waals surface area contributed by atoms with Gasteiger partial charge in [-0.15, -0.1) is 0 Å². The minimum absolute atomic E-state index is 0.501. The highest BCUT2D eigenvalue weighted by molar-refractivity contribution is 6.07. The first kappa shape index (κ1) is 33.2. The molecular weight excluding hydrogens is 715 g/mol. The highest BCUT2D eigenvalue weighted by Crippen LogP contribution is 2.39. The van der Waals surface area contributed by atoms with Crippen LogP contribution >= 0.6 is 0 Å². The third kappa shape index (κ3) is 5.85. The topological polar surface area (TPSA) is 102 Å². The van der Waals surface area contributed by atoms with Crippen molar-refractivity contribution in [3.63, 3.8) is 0 Å². The number of hydrogen-bond donors (Lipinski definition) is 0. The Hall–Kier alpha value is -8.21. The molecule has 0 saturated carbocycles. The second-order valence-electron chi connectivity index (χ2n) is 14.2. The molecule has 0 amide bonds. The molecule has 11 aromatic rings. The quantitative estimate of drug-likeness (QED) is 0.167. The van der Waals surface area contributed by atoms with Gasteiger partial charge in [0.05, 0.1) is 11.6 Å². The Balaban J connectivity index is 1.14. The molecule has 0 aliphatic rings. The first-order valence-electron chi connectivity index (χ1n) is 18.9. The van der Waals surface area contributed by atoms with Gasteiger partial charge in [0, 0.05) is 56.2 Å². The molecule has 58 heavy (non-hydrogen) atoms. The maximum absolute atomic E-state index is 9.53. The van der Waals surface area contributed by atoms with Gasteiger partial charge in [-0.2, -0.15) is 5.26 Å². The van der Waals surface area contributed by atoms with Gasteiger partial charge in [-0.05, 0) is 119 Å². The zero-order chi connectivity index (χ0) is 38.6. The van der Waals surface area contributed by atoms with E-state index in [4.69, 9.17) is 23.8 Å². The first-order chi connectivity index (χ1) is 28.6. The number of hydrogen-bond acceptors (Lipinski definition) is 7. The summed E-state index contributed by atoms with van der Waals surface area (Å²) in [5, 5.41) is 13.8. The van der Waals surface area contributed by atoms with Gasteiger partial charge >= 0.3 is 0 Å². The molecule has 11 rings (SSSR count). The van der Waals surface area contributed by atoms with Crippen LogP contribution in [0.3, 0.4) is 0 Å². The van der Waals surface area contributed by atoms with Crippen molar-refractivity contribution < 1.29 is 8.83 Å². The van der Waals surface area contributed by atoms with Crippen molar-refractivity contribution in [2.45, 2.75) is 0 Å². The van der Waals surface area contributed by atoms with Crippen LogP contribution in [0, 0.1) is 11.3 Å². The Morgan fingerprint density at radius 3 is 1.45 bits per heavy atom. The van der Waals surface area contributed by atoms with E-state index < -0.39 is 0 Å². The smallest absolute Gasteiger partial charge is 0.164 e. The van der Waals surface area contributed by atoms with Gasteiger partial charge in [0.25, 0.3) is 0 Å². The average molecular weight is 744 g/mol. The monoisotopic (exact) mass is 743 g/mol. The number of nitriles is 1. The lowest BCUT2D eigenvalue weighted by Crippen LogP contribution is -2.01. The standard InChI is InChI=1S/C51H29N5O2/c52-29-31-14-16-32(17-15-31)49-54-50(36-8-5-7-33(23-36)37-9-6-22-53-30-37)56-51(55-49)40-25-38(34-18-20-47-43(27-34)41-10-1-3-12-45(41)57-47)24-39(26-40)35-19-21-48-44(28-35)42-11-2-4-13-46(42)58-48/h1-28,30H. The maximum Gasteiger partial charge on any atom is 0.164 e. The van der Waals surface area contributed by atoms with Gasteiger partial charge in [0.15, 0.2) is 17.5 Å². The van der Waals surface area contributed by atoms with Crippen LogP contribution in [0.25, 0.3) is 111 Å². The summed E-state index contributed by atoms with van der Waals surface area (Å²) in [6.45, 7) is 0. The van der Waals surface area contributed by atoms with Gasteiger partial charge in [0.1, 0.15) is 22.3 Å². The maximum atomic E-state index is 9.53. The van der Waals surface area contributed by atoms with Crippen LogP contribution in [0.1, 0.15) is 5.56 Å². The highest BCUT2D eigenvalue weighted by Gasteiger charge is 2.17. The molecule has 0 saturated heterocycles. The second-order valence-corrected chi connectivity index (χ2v) is 14.2. The molecule has 7 aromatic carbocycles. The van der Waals surface area contributed by atoms with Gasteiger partial charge in [-0.25, -0.2) is 15.0 Å². The minimum atomic E-state index is 0.501. The molecule has 0 N–H and O–H groups in total. The molecule has 0 unspecified atom stereocenters. The largest absolute Gasteiger partial charge is 0.456 e. The number of pyridine rings is 1. The van der Waals surface area contributed by atoms with E-state index in [0.29, 0.717) is 23.0 Å². The summed E-state index contributed by atoms with van der Waals surface area (Å²) < 4.78 is 12.4. The van der Waals surface area contributed by atoms with Crippen molar-refractivity contribution in [1.82, 2.24) is 19.9 Å². The summed E-state index contributed by atoms with van der Waals surface area (Å²) in [5.74, 6) is 1.55. The number of furan rings is 2. The van der Waals surface area contributed by atoms with Gasteiger partial charge in [-0.3, -0.25) is 4.98 Å². The Bertz CT molecular complexity index is 3280. The van der Waals surface area contributed by atoms with Gasteiger partial charge in [-0.1, -0.05) is 72.8 Å². The molecule has 4 heterocycles. The van der Waals surface area contributed by atoms with Crippen LogP contribution in [-0.2, 0) is 0 Å². The first-order valence-corrected chi connectivity index (χ1v) is 18.9. The van der Waals surface area contributed by atoms with Crippen LogP contribution in [0.5, 0.6) is 0 Å². The Labute approximate surface area is 332 Å². The number of nitrogens with zero attached hydrogens (tertiary/aromatic N) is 5. The van der Waals surface area contributed by atoms with Crippen LogP contribution in [0.15, 0.2) is 185 Å². The van der Waals surface area contributed by atoms with Crippen LogP contribution < -0.4 is 0 Å². The summed E-state index contributed by atoms with van der Waals surface area (Å²) in [4.78, 5) is 19.7. The molecule has 7 heteroatoms. The van der Waals surface area contributed by atoms with Crippen molar-refractivity contribution in [3.8, 4) is 73.6 Å². The fourth-order valence-electron chi connectivity index (χ4n) is 7.73. The molecule has 4 aromatic heterocycles. The zero-order valence-corrected chi connectivity index (χ0v) is 30.8. The van der Waals surface area contributed by atoms with Crippen molar-refractivity contribution in [3.05, 3.63) is 182 Å². The zero-order valence-electron chi connectivity index (χ0n) is 30.8. The molecule has 0 bridgehead atoms. The third-order valence-electron chi connectivity index (χ3n) is 10.6. The van der Waals surface area contributed by atoms with E-state index in [2.05, 4.69) is 77.8 Å². The molecule has 0 radical (unpaired) electrons.